The maximum absolute atomic E-state index is 13.6. The summed E-state index contributed by atoms with van der Waals surface area (Å²) in [6, 6.07) is 12.0. The first-order valence-corrected chi connectivity index (χ1v) is 16.4. The fourth-order valence-corrected chi connectivity index (χ4v) is 6.86. The van der Waals surface area contributed by atoms with E-state index >= 15 is 0 Å². The lowest BCUT2D eigenvalue weighted by atomic mass is 10.1. The van der Waals surface area contributed by atoms with E-state index in [1.165, 1.54) is 24.8 Å². The van der Waals surface area contributed by atoms with Gasteiger partial charge in [-0.1, -0.05) is 18.2 Å². The molecule has 1 heterocycles. The molecule has 0 aromatic heterocycles. The minimum absolute atomic E-state index is 0.148. The molecule has 0 radical (unpaired) electrons. The van der Waals surface area contributed by atoms with Gasteiger partial charge in [0, 0.05) is 42.0 Å². The second-order valence-electron chi connectivity index (χ2n) is 9.04. The summed E-state index contributed by atoms with van der Waals surface area (Å²) in [5.41, 5.74) is -6.17. The van der Waals surface area contributed by atoms with Crippen molar-refractivity contribution >= 4 is 40.7 Å². The van der Waals surface area contributed by atoms with Gasteiger partial charge in [-0.05, 0) is 56.5 Å². The van der Waals surface area contributed by atoms with Gasteiger partial charge in [0.05, 0.1) is 18.4 Å². The minimum atomic E-state index is -5.81. The molecule has 1 unspecified atom stereocenters. The number of hydrogen-bond donors (Lipinski definition) is 4. The Morgan fingerprint density at radius 2 is 1.85 bits per heavy atom. The minimum Gasteiger partial charge on any atom is -0.393 e. The quantitative estimate of drug-likeness (QED) is 0.183. The Labute approximate surface area is 230 Å². The van der Waals surface area contributed by atoms with Crippen LogP contribution < -0.4 is 10.4 Å². The third kappa shape index (κ3) is 9.38. The Kier molecular flexibility index (Phi) is 11.2. The molecule has 4 N–H and O–H groups in total. The van der Waals surface area contributed by atoms with Gasteiger partial charge in [0.2, 0.25) is 0 Å². The van der Waals surface area contributed by atoms with Gasteiger partial charge in [0.15, 0.2) is 0 Å². The van der Waals surface area contributed by atoms with E-state index in [4.69, 9.17) is 0 Å². The van der Waals surface area contributed by atoms with Crippen LogP contribution in [0.3, 0.4) is 0 Å². The molecule has 0 spiro atoms. The zero-order valence-corrected chi connectivity index (χ0v) is 23.8. The summed E-state index contributed by atoms with van der Waals surface area (Å²) in [6.07, 6.45) is 1.42. The molecule has 0 bridgehead atoms. The van der Waals surface area contributed by atoms with E-state index in [1.54, 1.807) is 0 Å². The van der Waals surface area contributed by atoms with Crippen molar-refractivity contribution in [1.82, 2.24) is 4.90 Å². The van der Waals surface area contributed by atoms with Crippen LogP contribution in [0.4, 0.5) is 24.5 Å². The summed E-state index contributed by atoms with van der Waals surface area (Å²) in [5, 5.41) is 14.8. The van der Waals surface area contributed by atoms with Crippen molar-refractivity contribution < 1.29 is 40.7 Å². The van der Waals surface area contributed by atoms with Crippen LogP contribution in [0.2, 0.25) is 0 Å². The fourth-order valence-electron chi connectivity index (χ4n) is 4.04. The number of sulfone groups is 1. The second kappa shape index (κ2) is 13.7. The van der Waals surface area contributed by atoms with E-state index in [2.05, 4.69) is 19.8 Å². The number of anilines is 2. The van der Waals surface area contributed by atoms with Crippen LogP contribution in [0.15, 0.2) is 58.3 Å². The molecule has 1 saturated heterocycles. The average Bonchev–Trinajstić information content (AvgIpc) is 2.87. The highest BCUT2D eigenvalue weighted by Gasteiger charge is 2.48. The van der Waals surface area contributed by atoms with Crippen LogP contribution in [0.1, 0.15) is 26.2 Å². The topological polar surface area (TPSA) is 128 Å². The van der Waals surface area contributed by atoms with Gasteiger partial charge in [-0.15, -0.1) is 11.8 Å². The summed E-state index contributed by atoms with van der Waals surface area (Å²) >= 11 is 1.48. The van der Waals surface area contributed by atoms with Gasteiger partial charge in [0.25, 0.3) is 9.84 Å². The maximum Gasteiger partial charge on any atom is 0.501 e. The first kappa shape index (κ1) is 31.7. The van der Waals surface area contributed by atoms with E-state index in [0.29, 0.717) is 50.7 Å². The largest absolute Gasteiger partial charge is 0.501 e. The number of alkyl halides is 3. The predicted octanol–water partition coefficient (Wildman–Crippen LogP) is 4.95. The van der Waals surface area contributed by atoms with E-state index in [1.807, 2.05) is 30.3 Å². The van der Waals surface area contributed by atoms with Crippen molar-refractivity contribution in [3.8, 4) is 0 Å². The third-order valence-corrected chi connectivity index (χ3v) is 9.90. The number of aliphatic hydroxyl groups is 1. The molecule has 218 valence electrons. The molecule has 3 rings (SSSR count). The molecule has 0 amide bonds. The highest BCUT2D eigenvalue weighted by Crippen LogP contribution is 2.44. The normalized spacial score (nSPS) is 17.9. The number of halogens is 3. The molecule has 2 atom stereocenters. The zero-order chi connectivity index (χ0) is 28.7. The van der Waals surface area contributed by atoms with Gasteiger partial charge in [0.1, 0.15) is 4.90 Å². The van der Waals surface area contributed by atoms with Crippen molar-refractivity contribution in [3.05, 3.63) is 48.5 Å². The van der Waals surface area contributed by atoms with Crippen LogP contribution in [-0.2, 0) is 18.9 Å². The van der Waals surface area contributed by atoms with Crippen LogP contribution in [0, 0.1) is 0 Å². The lowest BCUT2D eigenvalue weighted by molar-refractivity contribution is -0.0435. The zero-order valence-electron chi connectivity index (χ0n) is 21.3. The first-order chi connectivity index (χ1) is 18.3. The highest BCUT2D eigenvalue weighted by atomic mass is 32.2. The molecular formula is C24H33F3N3O6PS2. The summed E-state index contributed by atoms with van der Waals surface area (Å²) in [4.78, 5) is 11.9. The Bertz CT molecular complexity index is 1230. The number of benzene rings is 2. The number of thioether (sulfide) groups is 1. The maximum atomic E-state index is 13.6. The number of nitrogens with one attached hydrogen (secondary N) is 2. The Morgan fingerprint density at radius 1 is 1.18 bits per heavy atom. The van der Waals surface area contributed by atoms with Gasteiger partial charge in [-0.3, -0.25) is 9.61 Å². The number of hydrogen-bond acceptors (Lipinski definition) is 8. The molecule has 1 aliphatic rings. The standard InChI is InChI=1S/C24H33F3N3O6PS2/c1-2-36-37(32,33)29-18-8-9-22(23(16-18)39(34,35)24(25,26)27)28-19(17-38-21-6-4-3-5-7-21)10-13-30-14-11-20(31)12-15-30/h3-9,16,19-20,28,31H,2,10-15,17H2,1H3,(H2,29,32,33)/t19-/m1/s1. The van der Waals surface area contributed by atoms with Crippen molar-refractivity contribution in [2.75, 3.05) is 42.4 Å². The van der Waals surface area contributed by atoms with Crippen LogP contribution in [0.25, 0.3) is 0 Å². The van der Waals surface area contributed by atoms with Crippen LogP contribution >= 0.6 is 19.5 Å². The average molecular weight is 612 g/mol. The number of nitrogens with zero attached hydrogens (tertiary/aromatic N) is 1. The van der Waals surface area contributed by atoms with E-state index < -0.39 is 34.0 Å². The smallest absolute Gasteiger partial charge is 0.393 e. The van der Waals surface area contributed by atoms with Gasteiger partial charge in [-0.25, -0.2) is 13.0 Å². The molecule has 1 fully saturated rings. The fraction of sp³-hybridized carbons (Fsp3) is 0.500. The van der Waals surface area contributed by atoms with Crippen molar-refractivity contribution in [1.29, 1.82) is 0 Å². The monoisotopic (exact) mass is 611 g/mol. The molecule has 2 aromatic carbocycles. The number of piperidine rings is 1. The van der Waals surface area contributed by atoms with Crippen molar-refractivity contribution in [2.45, 2.75) is 53.6 Å². The van der Waals surface area contributed by atoms with Gasteiger partial charge < -0.3 is 20.2 Å². The Hall–Kier alpha value is -1.80. The van der Waals surface area contributed by atoms with E-state index in [-0.39, 0.29) is 24.1 Å². The van der Waals surface area contributed by atoms with Crippen LogP contribution in [-0.4, -0.2) is 73.0 Å². The summed E-state index contributed by atoms with van der Waals surface area (Å²) in [7, 11) is -10.2. The second-order valence-corrected chi connectivity index (χ2v) is 13.6. The summed E-state index contributed by atoms with van der Waals surface area (Å²) in [5.74, 6) is 0.433. The predicted molar refractivity (Wildman–Crippen MR) is 146 cm³/mol. The molecule has 1 aliphatic heterocycles. The lowest BCUT2D eigenvalue weighted by Gasteiger charge is -2.31. The molecule has 39 heavy (non-hydrogen) atoms. The molecule has 0 saturated carbocycles. The van der Waals surface area contributed by atoms with Crippen molar-refractivity contribution in [3.63, 3.8) is 0 Å². The number of rotatable bonds is 13. The van der Waals surface area contributed by atoms with E-state index in [9.17, 15) is 36.2 Å². The van der Waals surface area contributed by atoms with Gasteiger partial charge >= 0.3 is 13.3 Å². The Morgan fingerprint density at radius 3 is 2.46 bits per heavy atom. The summed E-state index contributed by atoms with van der Waals surface area (Å²) < 4.78 is 82.7. The van der Waals surface area contributed by atoms with Crippen molar-refractivity contribution in [2.24, 2.45) is 0 Å². The van der Waals surface area contributed by atoms with E-state index in [0.717, 1.165) is 11.0 Å². The van der Waals surface area contributed by atoms with Crippen LogP contribution in [0.5, 0.6) is 0 Å². The SMILES string of the molecule is CCOP(=O)(O)Nc1ccc(N[C@H](CCN2CCC(O)CC2)CSc2ccccc2)c(S(=O)(=O)C(F)(F)F)c1. The number of aliphatic hydroxyl groups excluding tert-OH is 1. The molecule has 15 heteroatoms. The molecule has 2 aromatic rings. The van der Waals surface area contributed by atoms with Gasteiger partial charge in [-0.2, -0.15) is 13.2 Å². The molecule has 9 nitrogen and oxygen atoms in total. The molecule has 0 aliphatic carbocycles. The Balaban J connectivity index is 1.89. The third-order valence-electron chi connectivity index (χ3n) is 6.06. The highest BCUT2D eigenvalue weighted by molar-refractivity contribution is 7.99. The number of likely N-dealkylation sites (tertiary alicyclic amines) is 1. The molecular weight excluding hydrogens is 578 g/mol. The lowest BCUT2D eigenvalue weighted by Crippen LogP contribution is -2.38. The summed E-state index contributed by atoms with van der Waals surface area (Å²) in [6.45, 7) is 3.29. The first-order valence-electron chi connectivity index (χ1n) is 12.4.